The lowest BCUT2D eigenvalue weighted by molar-refractivity contribution is 0.177. The van der Waals surface area contributed by atoms with Gasteiger partial charge in [-0.15, -0.1) is 0 Å². The first kappa shape index (κ1) is 9.86. The van der Waals surface area contributed by atoms with E-state index in [1.54, 1.807) is 0 Å². The third-order valence-corrected chi connectivity index (χ3v) is 4.31. The second kappa shape index (κ2) is 4.26. The Balaban J connectivity index is 1.57. The van der Waals surface area contributed by atoms with Crippen molar-refractivity contribution in [2.24, 2.45) is 0 Å². The van der Waals surface area contributed by atoms with Crippen LogP contribution < -0.4 is 5.32 Å². The fraction of sp³-hybridized carbons (Fsp3) is 0.846. The maximum absolute atomic E-state index is 3.87. The van der Waals surface area contributed by atoms with Crippen LogP contribution in [0.2, 0.25) is 0 Å². The summed E-state index contributed by atoms with van der Waals surface area (Å²) in [6.45, 7) is 2.69. The maximum Gasteiger partial charge on any atom is 0.0249 e. The first-order valence-electron chi connectivity index (χ1n) is 6.58. The van der Waals surface area contributed by atoms with E-state index in [1.807, 2.05) is 0 Å². The average molecular weight is 206 g/mol. The minimum atomic E-state index is 0.747. The molecule has 2 unspecified atom stereocenters. The summed E-state index contributed by atoms with van der Waals surface area (Å²) >= 11 is 0. The second-order valence-electron chi connectivity index (χ2n) is 5.30. The molecule has 3 aliphatic rings. The normalized spacial score (nSPS) is 37.3. The highest BCUT2D eigenvalue weighted by molar-refractivity contribution is 5.02. The number of nitrogens with zero attached hydrogens (tertiary/aromatic N) is 1. The summed E-state index contributed by atoms with van der Waals surface area (Å²) in [6.07, 6.45) is 12.8. The van der Waals surface area contributed by atoms with E-state index in [0.717, 1.165) is 18.1 Å². The SMILES string of the molecule is C1=CCC(NC2CCN3CCCCC23)C1. The van der Waals surface area contributed by atoms with Crippen molar-refractivity contribution in [1.29, 1.82) is 0 Å². The second-order valence-corrected chi connectivity index (χ2v) is 5.30. The Morgan fingerprint density at radius 3 is 2.73 bits per heavy atom. The van der Waals surface area contributed by atoms with E-state index in [-0.39, 0.29) is 0 Å². The first-order chi connectivity index (χ1) is 7.43. The van der Waals surface area contributed by atoms with Gasteiger partial charge < -0.3 is 5.32 Å². The molecule has 84 valence electrons. The molecule has 2 fully saturated rings. The van der Waals surface area contributed by atoms with Gasteiger partial charge in [0.25, 0.3) is 0 Å². The minimum Gasteiger partial charge on any atom is -0.309 e. The summed E-state index contributed by atoms with van der Waals surface area (Å²) in [7, 11) is 0. The Hall–Kier alpha value is -0.340. The van der Waals surface area contributed by atoms with Gasteiger partial charge in [-0.25, -0.2) is 0 Å². The van der Waals surface area contributed by atoms with Crippen molar-refractivity contribution in [3.63, 3.8) is 0 Å². The van der Waals surface area contributed by atoms with Crippen molar-refractivity contribution in [2.45, 2.75) is 56.7 Å². The monoisotopic (exact) mass is 206 g/mol. The van der Waals surface area contributed by atoms with Crippen LogP contribution in [0.15, 0.2) is 12.2 Å². The van der Waals surface area contributed by atoms with Gasteiger partial charge in [0.1, 0.15) is 0 Å². The third kappa shape index (κ3) is 1.98. The standard InChI is InChI=1S/C13H22N2/c1-2-6-11(5-1)14-12-8-10-15-9-4-3-7-13(12)15/h1-2,11-14H,3-10H2. The largest absolute Gasteiger partial charge is 0.309 e. The molecule has 3 rings (SSSR count). The molecule has 2 saturated heterocycles. The number of nitrogens with one attached hydrogen (secondary N) is 1. The lowest BCUT2D eigenvalue weighted by Gasteiger charge is -2.33. The number of fused-ring (bicyclic) bond motifs is 1. The molecule has 2 atom stereocenters. The van der Waals surface area contributed by atoms with Gasteiger partial charge in [0, 0.05) is 24.7 Å². The molecule has 0 aromatic rings. The molecule has 2 heterocycles. The zero-order chi connectivity index (χ0) is 10.1. The Morgan fingerprint density at radius 1 is 1.00 bits per heavy atom. The zero-order valence-electron chi connectivity index (χ0n) is 9.49. The molecule has 1 N–H and O–H groups in total. The number of rotatable bonds is 2. The van der Waals surface area contributed by atoms with Crippen LogP contribution >= 0.6 is 0 Å². The Morgan fingerprint density at radius 2 is 1.87 bits per heavy atom. The molecule has 2 nitrogen and oxygen atoms in total. The molecule has 2 heteroatoms. The third-order valence-electron chi connectivity index (χ3n) is 4.31. The Kier molecular flexibility index (Phi) is 2.80. The molecule has 0 amide bonds. The van der Waals surface area contributed by atoms with Crippen LogP contribution in [-0.2, 0) is 0 Å². The Bertz CT molecular complexity index is 241. The highest BCUT2D eigenvalue weighted by Crippen LogP contribution is 2.28. The van der Waals surface area contributed by atoms with E-state index in [9.17, 15) is 0 Å². The van der Waals surface area contributed by atoms with Gasteiger partial charge in [-0.3, -0.25) is 4.90 Å². The van der Waals surface area contributed by atoms with Crippen LogP contribution in [0.4, 0.5) is 0 Å². The van der Waals surface area contributed by atoms with Crippen molar-refractivity contribution in [3.05, 3.63) is 12.2 Å². The molecular weight excluding hydrogens is 184 g/mol. The van der Waals surface area contributed by atoms with Crippen molar-refractivity contribution >= 4 is 0 Å². The van der Waals surface area contributed by atoms with E-state index in [0.29, 0.717) is 0 Å². The van der Waals surface area contributed by atoms with Crippen LogP contribution in [0.25, 0.3) is 0 Å². The van der Waals surface area contributed by atoms with Gasteiger partial charge in [-0.05, 0) is 38.6 Å². The molecule has 2 aliphatic heterocycles. The summed E-state index contributed by atoms with van der Waals surface area (Å²) in [5, 5.41) is 3.87. The smallest absolute Gasteiger partial charge is 0.0249 e. The van der Waals surface area contributed by atoms with Crippen LogP contribution in [0.1, 0.15) is 38.5 Å². The molecule has 0 radical (unpaired) electrons. The van der Waals surface area contributed by atoms with Crippen LogP contribution in [0.3, 0.4) is 0 Å². The molecule has 15 heavy (non-hydrogen) atoms. The Labute approximate surface area is 92.7 Å². The first-order valence-corrected chi connectivity index (χ1v) is 6.58. The number of hydrogen-bond donors (Lipinski definition) is 1. The highest BCUT2D eigenvalue weighted by atomic mass is 15.2. The summed E-state index contributed by atoms with van der Waals surface area (Å²) in [4.78, 5) is 2.71. The summed E-state index contributed by atoms with van der Waals surface area (Å²) in [5.74, 6) is 0. The fourth-order valence-electron chi connectivity index (χ4n) is 3.50. The number of hydrogen-bond acceptors (Lipinski definition) is 2. The lowest BCUT2D eigenvalue weighted by Crippen LogP contribution is -2.47. The molecule has 0 bridgehead atoms. The van der Waals surface area contributed by atoms with Crippen LogP contribution in [-0.4, -0.2) is 36.1 Å². The van der Waals surface area contributed by atoms with E-state index >= 15 is 0 Å². The average Bonchev–Trinajstić information content (AvgIpc) is 2.89. The molecule has 1 aliphatic carbocycles. The van der Waals surface area contributed by atoms with E-state index in [1.165, 1.54) is 51.6 Å². The summed E-state index contributed by atoms with van der Waals surface area (Å²) < 4.78 is 0. The van der Waals surface area contributed by atoms with Crippen molar-refractivity contribution in [3.8, 4) is 0 Å². The van der Waals surface area contributed by atoms with Gasteiger partial charge in [-0.1, -0.05) is 18.6 Å². The highest BCUT2D eigenvalue weighted by Gasteiger charge is 2.36. The predicted molar refractivity (Wildman–Crippen MR) is 62.9 cm³/mol. The number of piperidine rings is 1. The fourth-order valence-corrected chi connectivity index (χ4v) is 3.50. The summed E-state index contributed by atoms with van der Waals surface area (Å²) in [5.41, 5.74) is 0. The molecule has 0 spiro atoms. The maximum atomic E-state index is 3.87. The van der Waals surface area contributed by atoms with Gasteiger partial charge in [0.15, 0.2) is 0 Å². The van der Waals surface area contributed by atoms with Crippen LogP contribution in [0, 0.1) is 0 Å². The predicted octanol–water partition coefficient (Wildman–Crippen LogP) is 1.92. The van der Waals surface area contributed by atoms with Crippen molar-refractivity contribution in [1.82, 2.24) is 10.2 Å². The molecule has 0 aromatic heterocycles. The molecule has 0 aromatic carbocycles. The van der Waals surface area contributed by atoms with Crippen molar-refractivity contribution < 1.29 is 0 Å². The lowest BCUT2D eigenvalue weighted by atomic mass is 9.98. The van der Waals surface area contributed by atoms with E-state index in [2.05, 4.69) is 22.4 Å². The molecule has 0 saturated carbocycles. The van der Waals surface area contributed by atoms with Gasteiger partial charge in [0.05, 0.1) is 0 Å². The van der Waals surface area contributed by atoms with Gasteiger partial charge in [0.2, 0.25) is 0 Å². The zero-order valence-corrected chi connectivity index (χ0v) is 9.49. The molecular formula is C13H22N2. The van der Waals surface area contributed by atoms with E-state index in [4.69, 9.17) is 0 Å². The topological polar surface area (TPSA) is 15.3 Å². The van der Waals surface area contributed by atoms with Crippen LogP contribution in [0.5, 0.6) is 0 Å². The van der Waals surface area contributed by atoms with Crippen molar-refractivity contribution in [2.75, 3.05) is 13.1 Å². The van der Waals surface area contributed by atoms with Gasteiger partial charge in [-0.2, -0.15) is 0 Å². The van der Waals surface area contributed by atoms with Gasteiger partial charge >= 0.3 is 0 Å². The quantitative estimate of drug-likeness (QED) is 0.694. The van der Waals surface area contributed by atoms with E-state index < -0.39 is 0 Å². The summed E-state index contributed by atoms with van der Waals surface area (Å²) in [6, 6.07) is 2.39. The minimum absolute atomic E-state index is 0.747.